The van der Waals surface area contributed by atoms with E-state index in [2.05, 4.69) is 57.0 Å². The number of benzene rings is 1. The fourth-order valence-electron chi connectivity index (χ4n) is 1.72. The number of hydrogen-bond acceptors (Lipinski definition) is 3. The highest BCUT2D eigenvalue weighted by atomic mass is 79.9. The molecule has 0 fully saturated rings. The second kappa shape index (κ2) is 4.45. The molecular weight excluding hydrogens is 260 g/mol. The standard InChI is InChI=1S/C10H13BrN2S/c11-8-1-2-10-9(7-8)12-3-4-13(10)5-6-14/h1-2,7,12,14H,3-6H2. The Morgan fingerprint density at radius 2 is 2.36 bits per heavy atom. The van der Waals surface area contributed by atoms with E-state index in [0.29, 0.717) is 0 Å². The average molecular weight is 273 g/mol. The Labute approximate surface area is 98.2 Å². The van der Waals surface area contributed by atoms with E-state index in [1.54, 1.807) is 0 Å². The van der Waals surface area contributed by atoms with Gasteiger partial charge in [0.2, 0.25) is 0 Å². The van der Waals surface area contributed by atoms with E-state index in [1.807, 2.05) is 0 Å². The summed E-state index contributed by atoms with van der Waals surface area (Å²) in [5.41, 5.74) is 2.50. The average Bonchev–Trinajstić information content (AvgIpc) is 2.18. The number of hydrogen-bond donors (Lipinski definition) is 2. The van der Waals surface area contributed by atoms with E-state index in [4.69, 9.17) is 0 Å². The third-order valence-corrected chi connectivity index (χ3v) is 3.06. The summed E-state index contributed by atoms with van der Waals surface area (Å²) in [4.78, 5) is 2.37. The largest absolute Gasteiger partial charge is 0.382 e. The number of rotatable bonds is 2. The Hall–Kier alpha value is -0.350. The smallest absolute Gasteiger partial charge is 0.0603 e. The van der Waals surface area contributed by atoms with Crippen LogP contribution in [-0.4, -0.2) is 25.4 Å². The molecule has 2 rings (SSSR count). The fourth-order valence-corrected chi connectivity index (χ4v) is 2.33. The van der Waals surface area contributed by atoms with Gasteiger partial charge in [-0.05, 0) is 18.2 Å². The summed E-state index contributed by atoms with van der Waals surface area (Å²) >= 11 is 7.75. The van der Waals surface area contributed by atoms with E-state index in [-0.39, 0.29) is 0 Å². The van der Waals surface area contributed by atoms with E-state index in [9.17, 15) is 0 Å². The number of anilines is 2. The van der Waals surface area contributed by atoms with Crippen LogP contribution in [0.3, 0.4) is 0 Å². The predicted octanol–water partition coefficient (Wildman–Crippen LogP) is 2.61. The minimum atomic E-state index is 0.898. The lowest BCUT2D eigenvalue weighted by Gasteiger charge is -2.31. The van der Waals surface area contributed by atoms with Crippen molar-refractivity contribution in [3.8, 4) is 0 Å². The van der Waals surface area contributed by atoms with Crippen LogP contribution in [0.1, 0.15) is 0 Å². The van der Waals surface area contributed by atoms with Crippen molar-refractivity contribution in [1.82, 2.24) is 0 Å². The fraction of sp³-hybridized carbons (Fsp3) is 0.400. The molecular formula is C10H13BrN2S. The maximum atomic E-state index is 4.27. The topological polar surface area (TPSA) is 15.3 Å². The number of halogens is 1. The van der Waals surface area contributed by atoms with Gasteiger partial charge in [0.15, 0.2) is 0 Å². The molecule has 0 aliphatic carbocycles. The molecule has 0 amide bonds. The first kappa shape index (κ1) is 10.2. The maximum Gasteiger partial charge on any atom is 0.0603 e. The van der Waals surface area contributed by atoms with E-state index < -0.39 is 0 Å². The molecule has 0 unspecified atom stereocenters. The summed E-state index contributed by atoms with van der Waals surface area (Å²) < 4.78 is 1.12. The second-order valence-electron chi connectivity index (χ2n) is 3.30. The minimum absolute atomic E-state index is 0.898. The Morgan fingerprint density at radius 3 is 3.14 bits per heavy atom. The van der Waals surface area contributed by atoms with Crippen LogP contribution in [0.4, 0.5) is 11.4 Å². The molecule has 1 N–H and O–H groups in total. The summed E-state index contributed by atoms with van der Waals surface area (Å²) in [6.07, 6.45) is 0. The SMILES string of the molecule is SCCN1CCNc2cc(Br)ccc21. The molecule has 2 nitrogen and oxygen atoms in total. The van der Waals surface area contributed by atoms with Crippen molar-refractivity contribution >= 4 is 39.9 Å². The molecule has 76 valence electrons. The third kappa shape index (κ3) is 2.01. The van der Waals surface area contributed by atoms with Gasteiger partial charge in [-0.15, -0.1) is 0 Å². The molecule has 1 aromatic carbocycles. The van der Waals surface area contributed by atoms with Gasteiger partial charge in [-0.2, -0.15) is 12.6 Å². The Bertz CT molecular complexity index is 330. The molecule has 0 saturated carbocycles. The summed E-state index contributed by atoms with van der Waals surface area (Å²) in [6.45, 7) is 3.09. The first-order valence-electron chi connectivity index (χ1n) is 4.70. The Kier molecular flexibility index (Phi) is 3.23. The van der Waals surface area contributed by atoms with E-state index in [0.717, 1.165) is 29.9 Å². The van der Waals surface area contributed by atoms with Crippen LogP contribution in [0.25, 0.3) is 0 Å². The van der Waals surface area contributed by atoms with Crippen molar-refractivity contribution in [3.63, 3.8) is 0 Å². The molecule has 0 aromatic heterocycles. The van der Waals surface area contributed by atoms with Gasteiger partial charge in [-0.25, -0.2) is 0 Å². The predicted molar refractivity (Wildman–Crippen MR) is 68.7 cm³/mol. The van der Waals surface area contributed by atoms with Gasteiger partial charge >= 0.3 is 0 Å². The Morgan fingerprint density at radius 1 is 1.50 bits per heavy atom. The minimum Gasteiger partial charge on any atom is -0.382 e. The molecule has 1 aliphatic rings. The Balaban J connectivity index is 2.30. The lowest BCUT2D eigenvalue weighted by atomic mass is 10.2. The molecule has 1 aliphatic heterocycles. The van der Waals surface area contributed by atoms with Crippen LogP contribution in [0, 0.1) is 0 Å². The van der Waals surface area contributed by atoms with Crippen molar-refractivity contribution in [2.45, 2.75) is 0 Å². The molecule has 0 bridgehead atoms. The highest BCUT2D eigenvalue weighted by Crippen LogP contribution is 2.31. The van der Waals surface area contributed by atoms with Crippen LogP contribution in [0.5, 0.6) is 0 Å². The van der Waals surface area contributed by atoms with Crippen molar-refractivity contribution < 1.29 is 0 Å². The van der Waals surface area contributed by atoms with Crippen LogP contribution in [-0.2, 0) is 0 Å². The van der Waals surface area contributed by atoms with Crippen LogP contribution < -0.4 is 10.2 Å². The summed E-state index contributed by atoms with van der Waals surface area (Å²) in [5, 5.41) is 3.40. The maximum absolute atomic E-state index is 4.27. The highest BCUT2D eigenvalue weighted by molar-refractivity contribution is 9.10. The first-order chi connectivity index (χ1) is 6.81. The summed E-state index contributed by atoms with van der Waals surface area (Å²) in [7, 11) is 0. The van der Waals surface area contributed by atoms with Crippen LogP contribution in [0.2, 0.25) is 0 Å². The molecule has 1 aromatic rings. The lowest BCUT2D eigenvalue weighted by molar-refractivity contribution is 0.820. The molecule has 0 saturated heterocycles. The molecule has 1 heterocycles. The van der Waals surface area contributed by atoms with Gasteiger partial charge in [-0.1, -0.05) is 15.9 Å². The van der Waals surface area contributed by atoms with Crippen molar-refractivity contribution in [2.75, 3.05) is 35.6 Å². The number of nitrogens with one attached hydrogen (secondary N) is 1. The van der Waals surface area contributed by atoms with Crippen molar-refractivity contribution in [2.24, 2.45) is 0 Å². The molecule has 14 heavy (non-hydrogen) atoms. The monoisotopic (exact) mass is 272 g/mol. The van der Waals surface area contributed by atoms with Crippen LogP contribution in [0.15, 0.2) is 22.7 Å². The zero-order chi connectivity index (χ0) is 9.97. The highest BCUT2D eigenvalue weighted by Gasteiger charge is 2.15. The molecule has 0 atom stereocenters. The van der Waals surface area contributed by atoms with Gasteiger partial charge in [0.1, 0.15) is 0 Å². The third-order valence-electron chi connectivity index (χ3n) is 2.37. The van der Waals surface area contributed by atoms with Crippen molar-refractivity contribution in [3.05, 3.63) is 22.7 Å². The summed E-state index contributed by atoms with van der Waals surface area (Å²) in [5.74, 6) is 0.898. The molecule has 0 radical (unpaired) electrons. The normalized spacial score (nSPS) is 14.9. The van der Waals surface area contributed by atoms with Gasteiger partial charge in [0.25, 0.3) is 0 Å². The number of nitrogens with zero attached hydrogens (tertiary/aromatic N) is 1. The molecule has 0 spiro atoms. The van der Waals surface area contributed by atoms with Gasteiger partial charge in [0.05, 0.1) is 11.4 Å². The second-order valence-corrected chi connectivity index (χ2v) is 4.66. The number of fused-ring (bicyclic) bond motifs is 1. The quantitative estimate of drug-likeness (QED) is 0.805. The zero-order valence-electron chi connectivity index (χ0n) is 7.83. The van der Waals surface area contributed by atoms with Gasteiger partial charge in [-0.3, -0.25) is 0 Å². The first-order valence-corrected chi connectivity index (χ1v) is 6.13. The summed E-state index contributed by atoms with van der Waals surface area (Å²) in [6, 6.07) is 6.35. The zero-order valence-corrected chi connectivity index (χ0v) is 10.3. The lowest BCUT2D eigenvalue weighted by Crippen LogP contribution is -2.35. The van der Waals surface area contributed by atoms with E-state index >= 15 is 0 Å². The number of thiol groups is 1. The van der Waals surface area contributed by atoms with Crippen molar-refractivity contribution in [1.29, 1.82) is 0 Å². The van der Waals surface area contributed by atoms with E-state index in [1.165, 1.54) is 11.4 Å². The van der Waals surface area contributed by atoms with Crippen LogP contribution >= 0.6 is 28.6 Å². The molecule has 4 heteroatoms. The van der Waals surface area contributed by atoms with Gasteiger partial charge < -0.3 is 10.2 Å². The van der Waals surface area contributed by atoms with Gasteiger partial charge in [0, 0.05) is 29.9 Å².